The number of aryl methyl sites for hydroxylation is 2. The number of piperazine rings is 1. The largest absolute Gasteiger partial charge is 0.340 e. The van der Waals surface area contributed by atoms with Gasteiger partial charge < -0.3 is 9.47 Å². The zero-order valence-corrected chi connectivity index (χ0v) is 14.4. The van der Waals surface area contributed by atoms with E-state index < -0.39 is 0 Å². The minimum atomic E-state index is 0.281. The molecule has 1 saturated heterocycles. The van der Waals surface area contributed by atoms with E-state index in [0.29, 0.717) is 6.42 Å². The molecule has 1 amide bonds. The number of carbonyl (C=O) groups excluding carboxylic acids is 1. The van der Waals surface area contributed by atoms with Gasteiger partial charge in [-0.05, 0) is 18.9 Å². The molecular formula is C19H26N4O. The third-order valence-corrected chi connectivity index (χ3v) is 4.78. The molecule has 1 aromatic heterocycles. The smallest absolute Gasteiger partial charge is 0.222 e. The van der Waals surface area contributed by atoms with E-state index in [9.17, 15) is 4.79 Å². The van der Waals surface area contributed by atoms with Crippen LogP contribution in [0, 0.1) is 6.92 Å². The molecule has 1 aliphatic rings. The normalized spacial score (nSPS) is 15.6. The molecule has 0 saturated carbocycles. The number of nitrogens with zero attached hydrogens (tertiary/aromatic N) is 4. The highest BCUT2D eigenvalue weighted by molar-refractivity contribution is 5.76. The second-order valence-electron chi connectivity index (χ2n) is 6.38. The molecule has 5 nitrogen and oxygen atoms in total. The number of hydrogen-bond donors (Lipinski definition) is 0. The summed E-state index contributed by atoms with van der Waals surface area (Å²) in [5.41, 5.74) is 1.24. The quantitative estimate of drug-likeness (QED) is 0.815. The lowest BCUT2D eigenvalue weighted by Gasteiger charge is -2.35. The average Bonchev–Trinajstić information content (AvgIpc) is 3.04. The Morgan fingerprint density at radius 2 is 1.83 bits per heavy atom. The minimum absolute atomic E-state index is 0.281. The lowest BCUT2D eigenvalue weighted by molar-refractivity contribution is -0.132. The summed E-state index contributed by atoms with van der Waals surface area (Å²) in [7, 11) is 0. The summed E-state index contributed by atoms with van der Waals surface area (Å²) in [4.78, 5) is 21.1. The van der Waals surface area contributed by atoms with Gasteiger partial charge in [0, 0.05) is 58.1 Å². The molecule has 0 bridgehead atoms. The summed E-state index contributed by atoms with van der Waals surface area (Å²) in [5, 5.41) is 0. The van der Waals surface area contributed by atoms with Crippen LogP contribution in [0.2, 0.25) is 0 Å². The van der Waals surface area contributed by atoms with Crippen molar-refractivity contribution in [1.82, 2.24) is 19.4 Å². The number of rotatable bonds is 6. The summed E-state index contributed by atoms with van der Waals surface area (Å²) in [5.74, 6) is 1.34. The Bertz CT molecular complexity index is 644. The van der Waals surface area contributed by atoms with Gasteiger partial charge in [0.05, 0.1) is 0 Å². The van der Waals surface area contributed by atoms with Crippen molar-refractivity contribution >= 4 is 5.91 Å². The maximum atomic E-state index is 12.4. The summed E-state index contributed by atoms with van der Waals surface area (Å²) < 4.78 is 2.18. The van der Waals surface area contributed by atoms with Crippen molar-refractivity contribution in [2.24, 2.45) is 0 Å². The van der Waals surface area contributed by atoms with E-state index in [1.165, 1.54) is 5.56 Å². The summed E-state index contributed by atoms with van der Waals surface area (Å²) >= 11 is 0. The van der Waals surface area contributed by atoms with Crippen molar-refractivity contribution in [2.45, 2.75) is 26.3 Å². The maximum Gasteiger partial charge on any atom is 0.222 e. The fraction of sp³-hybridized carbons (Fsp3) is 0.474. The van der Waals surface area contributed by atoms with Crippen LogP contribution in [0.1, 0.15) is 17.8 Å². The average molecular weight is 326 g/mol. The SMILES string of the molecule is Cc1nccn1CCN1CCN(C(=O)CCc2ccccc2)CC1. The van der Waals surface area contributed by atoms with Gasteiger partial charge in [0.2, 0.25) is 5.91 Å². The molecule has 0 atom stereocenters. The molecule has 2 heterocycles. The van der Waals surface area contributed by atoms with E-state index in [4.69, 9.17) is 0 Å². The lowest BCUT2D eigenvalue weighted by Crippen LogP contribution is -2.49. The fourth-order valence-corrected chi connectivity index (χ4v) is 3.16. The summed E-state index contributed by atoms with van der Waals surface area (Å²) in [6.45, 7) is 7.63. The Labute approximate surface area is 143 Å². The predicted octanol–water partition coefficient (Wildman–Crippen LogP) is 1.97. The molecule has 1 aliphatic heterocycles. The first-order chi connectivity index (χ1) is 11.7. The van der Waals surface area contributed by atoms with Gasteiger partial charge in [0.15, 0.2) is 0 Å². The molecular weight excluding hydrogens is 300 g/mol. The standard InChI is InChI=1S/C19H26N4O/c1-17-20-9-10-22(17)14-11-21-12-15-23(16-13-21)19(24)8-7-18-5-3-2-4-6-18/h2-6,9-10H,7-8,11-16H2,1H3. The molecule has 1 aromatic carbocycles. The zero-order valence-electron chi connectivity index (χ0n) is 14.4. The van der Waals surface area contributed by atoms with Crippen LogP contribution < -0.4 is 0 Å². The van der Waals surface area contributed by atoms with Crippen molar-refractivity contribution in [2.75, 3.05) is 32.7 Å². The molecule has 1 fully saturated rings. The van der Waals surface area contributed by atoms with E-state index in [1.807, 2.05) is 42.4 Å². The van der Waals surface area contributed by atoms with Crippen LogP contribution in [0.4, 0.5) is 0 Å². The van der Waals surface area contributed by atoms with E-state index >= 15 is 0 Å². The van der Waals surface area contributed by atoms with Crippen LogP contribution in [0.3, 0.4) is 0 Å². The van der Waals surface area contributed by atoms with Crippen LogP contribution in [0.15, 0.2) is 42.7 Å². The maximum absolute atomic E-state index is 12.4. The van der Waals surface area contributed by atoms with Gasteiger partial charge in [-0.1, -0.05) is 30.3 Å². The van der Waals surface area contributed by atoms with Crippen LogP contribution in [-0.2, 0) is 17.8 Å². The van der Waals surface area contributed by atoms with Crippen LogP contribution in [-0.4, -0.2) is 58.0 Å². The molecule has 5 heteroatoms. The molecule has 24 heavy (non-hydrogen) atoms. The Morgan fingerprint density at radius 3 is 2.50 bits per heavy atom. The second kappa shape index (κ2) is 8.11. The predicted molar refractivity (Wildman–Crippen MR) is 94.7 cm³/mol. The van der Waals surface area contributed by atoms with Crippen molar-refractivity contribution in [3.8, 4) is 0 Å². The van der Waals surface area contributed by atoms with E-state index in [0.717, 1.165) is 51.5 Å². The molecule has 0 radical (unpaired) electrons. The van der Waals surface area contributed by atoms with Crippen molar-refractivity contribution in [3.05, 3.63) is 54.1 Å². The summed E-state index contributed by atoms with van der Waals surface area (Å²) in [6, 6.07) is 10.2. The van der Waals surface area contributed by atoms with Crippen molar-refractivity contribution in [1.29, 1.82) is 0 Å². The van der Waals surface area contributed by atoms with Gasteiger partial charge in [0.25, 0.3) is 0 Å². The van der Waals surface area contributed by atoms with Crippen LogP contribution in [0.5, 0.6) is 0 Å². The van der Waals surface area contributed by atoms with Crippen molar-refractivity contribution in [3.63, 3.8) is 0 Å². The van der Waals surface area contributed by atoms with Gasteiger partial charge in [-0.2, -0.15) is 0 Å². The molecule has 0 aliphatic carbocycles. The Balaban J connectivity index is 1.38. The van der Waals surface area contributed by atoms with Gasteiger partial charge >= 0.3 is 0 Å². The van der Waals surface area contributed by atoms with E-state index in [2.05, 4.69) is 26.6 Å². The van der Waals surface area contributed by atoms with Gasteiger partial charge in [-0.15, -0.1) is 0 Å². The van der Waals surface area contributed by atoms with Gasteiger partial charge in [-0.25, -0.2) is 4.98 Å². The second-order valence-corrected chi connectivity index (χ2v) is 6.38. The van der Waals surface area contributed by atoms with Crippen LogP contribution >= 0.6 is 0 Å². The molecule has 3 rings (SSSR count). The Hall–Kier alpha value is -2.14. The zero-order chi connectivity index (χ0) is 16.8. The molecule has 0 spiro atoms. The third kappa shape index (κ3) is 4.45. The van der Waals surface area contributed by atoms with Gasteiger partial charge in [0.1, 0.15) is 5.82 Å². The first-order valence-corrected chi connectivity index (χ1v) is 8.74. The lowest BCUT2D eigenvalue weighted by atomic mass is 10.1. The highest BCUT2D eigenvalue weighted by atomic mass is 16.2. The molecule has 2 aromatic rings. The molecule has 128 valence electrons. The number of benzene rings is 1. The van der Waals surface area contributed by atoms with E-state index in [1.54, 1.807) is 0 Å². The first-order valence-electron chi connectivity index (χ1n) is 8.74. The van der Waals surface area contributed by atoms with E-state index in [-0.39, 0.29) is 5.91 Å². The van der Waals surface area contributed by atoms with Crippen LogP contribution in [0.25, 0.3) is 0 Å². The highest BCUT2D eigenvalue weighted by Gasteiger charge is 2.20. The number of aromatic nitrogens is 2. The summed E-state index contributed by atoms with van der Waals surface area (Å²) in [6.07, 6.45) is 5.31. The Morgan fingerprint density at radius 1 is 1.08 bits per heavy atom. The number of hydrogen-bond acceptors (Lipinski definition) is 3. The Kier molecular flexibility index (Phi) is 5.64. The monoisotopic (exact) mass is 326 g/mol. The number of amides is 1. The first kappa shape index (κ1) is 16.7. The van der Waals surface area contributed by atoms with Gasteiger partial charge in [-0.3, -0.25) is 9.69 Å². The number of imidazole rings is 1. The van der Waals surface area contributed by atoms with Crippen molar-refractivity contribution < 1.29 is 4.79 Å². The minimum Gasteiger partial charge on any atom is -0.340 e. The molecule has 0 unspecified atom stereocenters. The molecule has 0 N–H and O–H groups in total. The third-order valence-electron chi connectivity index (χ3n) is 4.78. The topological polar surface area (TPSA) is 41.4 Å². The highest BCUT2D eigenvalue weighted by Crippen LogP contribution is 2.08. The number of carbonyl (C=O) groups is 1. The fourth-order valence-electron chi connectivity index (χ4n) is 3.16.